The Labute approximate surface area is 159 Å². The molecule has 2 heterocycles. The summed E-state index contributed by atoms with van der Waals surface area (Å²) >= 11 is 7.36. The van der Waals surface area contributed by atoms with Crippen LogP contribution in [0.25, 0.3) is 6.08 Å². The van der Waals surface area contributed by atoms with E-state index in [1.165, 1.54) is 11.3 Å². The third kappa shape index (κ3) is 3.25. The lowest BCUT2D eigenvalue weighted by atomic mass is 10.2. The molecule has 132 valence electrons. The van der Waals surface area contributed by atoms with Gasteiger partial charge in [-0.15, -0.1) is 0 Å². The van der Waals surface area contributed by atoms with Crippen LogP contribution in [0, 0.1) is 0 Å². The fourth-order valence-corrected chi connectivity index (χ4v) is 3.87. The first-order chi connectivity index (χ1) is 12.6. The number of benzene rings is 2. The summed E-state index contributed by atoms with van der Waals surface area (Å²) in [5.41, 5.74) is 1.92. The standard InChI is InChI=1S/C19H16ClN3O2S/c1-25-16-8-2-13(3-9-16)10-17-18(24)23-12-22(11-21-19(23)26-17)15-6-4-14(20)5-7-15/h2-10H,11-12H2,1H3. The van der Waals surface area contributed by atoms with Gasteiger partial charge in [-0.2, -0.15) is 0 Å². The Morgan fingerprint density at radius 1 is 1.15 bits per heavy atom. The summed E-state index contributed by atoms with van der Waals surface area (Å²) in [6, 6.07) is 15.2. The van der Waals surface area contributed by atoms with Crippen molar-refractivity contribution >= 4 is 34.7 Å². The van der Waals surface area contributed by atoms with Crippen molar-refractivity contribution in [3.63, 3.8) is 0 Å². The van der Waals surface area contributed by atoms with Gasteiger partial charge >= 0.3 is 0 Å². The van der Waals surface area contributed by atoms with Crippen LogP contribution in [0.15, 0.2) is 58.3 Å². The molecular weight excluding hydrogens is 370 g/mol. The summed E-state index contributed by atoms with van der Waals surface area (Å²) in [5, 5.41) is 0.687. The largest absolute Gasteiger partial charge is 0.497 e. The number of aromatic nitrogens is 1. The number of ether oxygens (including phenoxy) is 1. The van der Waals surface area contributed by atoms with E-state index in [0.717, 1.165) is 21.8 Å². The highest BCUT2D eigenvalue weighted by Crippen LogP contribution is 2.19. The third-order valence-corrected chi connectivity index (χ3v) is 5.48. The molecule has 3 aromatic rings. The van der Waals surface area contributed by atoms with Gasteiger partial charge in [0.05, 0.1) is 11.6 Å². The van der Waals surface area contributed by atoms with Gasteiger partial charge in [0.1, 0.15) is 19.1 Å². The number of thiazole rings is 1. The highest BCUT2D eigenvalue weighted by Gasteiger charge is 2.15. The molecule has 1 aliphatic heterocycles. The molecule has 0 atom stereocenters. The van der Waals surface area contributed by atoms with Crippen LogP contribution in [0.4, 0.5) is 5.69 Å². The van der Waals surface area contributed by atoms with E-state index in [9.17, 15) is 4.79 Å². The molecule has 0 amide bonds. The van der Waals surface area contributed by atoms with Crippen molar-refractivity contribution in [3.05, 3.63) is 78.8 Å². The molecule has 2 aromatic carbocycles. The maximum atomic E-state index is 12.8. The molecule has 0 N–H and O–H groups in total. The molecule has 0 fully saturated rings. The number of nitrogens with zero attached hydrogens (tertiary/aromatic N) is 3. The quantitative estimate of drug-likeness (QED) is 0.695. The summed E-state index contributed by atoms with van der Waals surface area (Å²) < 4.78 is 7.54. The third-order valence-electron chi connectivity index (χ3n) is 4.18. The summed E-state index contributed by atoms with van der Waals surface area (Å²) in [5.74, 6) is 0.790. The fourth-order valence-electron chi connectivity index (χ4n) is 2.78. The number of methoxy groups -OCH3 is 1. The Hall–Kier alpha value is -2.57. The second-order valence-corrected chi connectivity index (χ2v) is 7.30. The van der Waals surface area contributed by atoms with Gasteiger partial charge in [-0.3, -0.25) is 9.36 Å². The Bertz CT molecular complexity index is 1100. The van der Waals surface area contributed by atoms with Gasteiger partial charge < -0.3 is 9.64 Å². The van der Waals surface area contributed by atoms with Crippen molar-refractivity contribution in [2.75, 3.05) is 18.7 Å². The van der Waals surface area contributed by atoms with E-state index in [-0.39, 0.29) is 5.56 Å². The van der Waals surface area contributed by atoms with Crippen LogP contribution < -0.4 is 24.5 Å². The predicted molar refractivity (Wildman–Crippen MR) is 105 cm³/mol. The summed E-state index contributed by atoms with van der Waals surface area (Å²) in [6.45, 7) is 0.996. The van der Waals surface area contributed by atoms with Crippen LogP contribution in [0.5, 0.6) is 5.75 Å². The Kier molecular flexibility index (Phi) is 4.53. The smallest absolute Gasteiger partial charge is 0.271 e. The van der Waals surface area contributed by atoms with E-state index in [2.05, 4.69) is 4.99 Å². The first-order valence-electron chi connectivity index (χ1n) is 8.04. The van der Waals surface area contributed by atoms with Gasteiger partial charge in [-0.1, -0.05) is 35.1 Å². The van der Waals surface area contributed by atoms with Gasteiger partial charge in [0.25, 0.3) is 5.56 Å². The van der Waals surface area contributed by atoms with E-state index in [4.69, 9.17) is 16.3 Å². The lowest BCUT2D eigenvalue weighted by Gasteiger charge is -2.25. The van der Waals surface area contributed by atoms with E-state index in [1.54, 1.807) is 11.7 Å². The average molecular weight is 386 g/mol. The van der Waals surface area contributed by atoms with Crippen molar-refractivity contribution in [2.45, 2.75) is 6.67 Å². The zero-order chi connectivity index (χ0) is 18.1. The summed E-state index contributed by atoms with van der Waals surface area (Å²) in [6.07, 6.45) is 1.89. The number of anilines is 1. The fraction of sp³-hybridized carbons (Fsp3) is 0.158. The lowest BCUT2D eigenvalue weighted by Crippen LogP contribution is -2.42. The Morgan fingerprint density at radius 3 is 2.58 bits per heavy atom. The zero-order valence-electron chi connectivity index (χ0n) is 14.1. The van der Waals surface area contributed by atoms with Crippen molar-refractivity contribution < 1.29 is 4.74 Å². The molecule has 1 aliphatic rings. The molecule has 5 nitrogen and oxygen atoms in total. The lowest BCUT2D eigenvalue weighted by molar-refractivity contribution is 0.415. The van der Waals surface area contributed by atoms with Gasteiger partial charge in [0.15, 0.2) is 4.80 Å². The molecule has 0 saturated carbocycles. The monoisotopic (exact) mass is 385 g/mol. The van der Waals surface area contributed by atoms with Crippen LogP contribution >= 0.6 is 22.9 Å². The normalized spacial score (nSPS) is 14.1. The first-order valence-corrected chi connectivity index (χ1v) is 9.24. The molecule has 0 aliphatic carbocycles. The van der Waals surface area contributed by atoms with E-state index in [0.29, 0.717) is 22.9 Å². The molecule has 1 aromatic heterocycles. The molecule has 0 bridgehead atoms. The second-order valence-electron chi connectivity index (χ2n) is 5.86. The molecular formula is C19H16ClN3O2S. The number of rotatable bonds is 3. The van der Waals surface area contributed by atoms with E-state index < -0.39 is 0 Å². The minimum Gasteiger partial charge on any atom is -0.497 e. The Morgan fingerprint density at radius 2 is 1.88 bits per heavy atom. The molecule has 4 rings (SSSR count). The SMILES string of the molecule is COc1ccc(C=c2sc3n(c2=O)CN(c2ccc(Cl)cc2)CN=3)cc1. The minimum absolute atomic E-state index is 0.0248. The summed E-state index contributed by atoms with van der Waals surface area (Å²) in [7, 11) is 1.63. The molecule has 0 spiro atoms. The number of hydrogen-bond donors (Lipinski definition) is 0. The van der Waals surface area contributed by atoms with Gasteiger partial charge in [0, 0.05) is 10.7 Å². The van der Waals surface area contributed by atoms with Crippen LogP contribution in [-0.4, -0.2) is 18.3 Å². The van der Waals surface area contributed by atoms with E-state index >= 15 is 0 Å². The highest BCUT2D eigenvalue weighted by atomic mass is 35.5. The van der Waals surface area contributed by atoms with Crippen LogP contribution in [0.3, 0.4) is 0 Å². The van der Waals surface area contributed by atoms with Gasteiger partial charge in [-0.05, 0) is 48.0 Å². The second kappa shape index (κ2) is 6.97. The molecule has 26 heavy (non-hydrogen) atoms. The van der Waals surface area contributed by atoms with Crippen LogP contribution in [0.2, 0.25) is 5.02 Å². The summed E-state index contributed by atoms with van der Waals surface area (Å²) in [4.78, 5) is 20.1. The maximum absolute atomic E-state index is 12.8. The van der Waals surface area contributed by atoms with Crippen molar-refractivity contribution in [1.82, 2.24) is 4.57 Å². The van der Waals surface area contributed by atoms with Gasteiger partial charge in [-0.25, -0.2) is 4.99 Å². The van der Waals surface area contributed by atoms with E-state index in [1.807, 2.05) is 59.5 Å². The maximum Gasteiger partial charge on any atom is 0.271 e. The number of hydrogen-bond acceptors (Lipinski definition) is 5. The zero-order valence-corrected chi connectivity index (χ0v) is 15.6. The van der Waals surface area contributed by atoms with Crippen LogP contribution in [0.1, 0.15) is 5.56 Å². The van der Waals surface area contributed by atoms with Crippen molar-refractivity contribution in [2.24, 2.45) is 4.99 Å². The van der Waals surface area contributed by atoms with Gasteiger partial charge in [0.2, 0.25) is 0 Å². The molecule has 0 unspecified atom stereocenters. The molecule has 0 radical (unpaired) electrons. The first kappa shape index (κ1) is 16.9. The van der Waals surface area contributed by atoms with Crippen LogP contribution in [-0.2, 0) is 6.67 Å². The van der Waals surface area contributed by atoms with Crippen molar-refractivity contribution in [3.8, 4) is 5.75 Å². The highest BCUT2D eigenvalue weighted by molar-refractivity contribution is 7.07. The topological polar surface area (TPSA) is 46.8 Å². The number of fused-ring (bicyclic) bond motifs is 1. The predicted octanol–water partition coefficient (Wildman–Crippen LogP) is 2.46. The Balaban J connectivity index is 1.67. The minimum atomic E-state index is -0.0248. The average Bonchev–Trinajstić information content (AvgIpc) is 2.98. The molecule has 7 heteroatoms. The van der Waals surface area contributed by atoms with Crippen molar-refractivity contribution in [1.29, 1.82) is 0 Å². The molecule has 0 saturated heterocycles. The number of halogens is 1.